The van der Waals surface area contributed by atoms with Crippen molar-refractivity contribution < 1.29 is 9.53 Å². The van der Waals surface area contributed by atoms with Gasteiger partial charge in [-0.25, -0.2) is 0 Å². The van der Waals surface area contributed by atoms with Gasteiger partial charge < -0.3 is 10.5 Å². The normalized spacial score (nSPS) is 40.9. The van der Waals surface area contributed by atoms with Crippen LogP contribution in [0.5, 0.6) is 0 Å². The molecule has 0 aromatic rings. The molecule has 13 heavy (non-hydrogen) atoms. The second kappa shape index (κ2) is 2.25. The highest BCUT2D eigenvalue weighted by atomic mass is 16.5. The minimum Gasteiger partial charge on any atom is -0.372 e. The maximum atomic E-state index is 11.2. The van der Waals surface area contributed by atoms with Crippen LogP contribution in [0.15, 0.2) is 0 Å². The first-order valence-electron chi connectivity index (χ1n) is 4.91. The van der Waals surface area contributed by atoms with Crippen LogP contribution < -0.4 is 5.73 Å². The molecule has 3 heterocycles. The smallest absolute Gasteiger partial charge is 0.237 e. The van der Waals surface area contributed by atoms with Crippen molar-refractivity contribution in [3.8, 4) is 0 Å². The summed E-state index contributed by atoms with van der Waals surface area (Å²) in [6.07, 6.45) is 3.81. The van der Waals surface area contributed by atoms with E-state index in [1.165, 1.54) is 6.42 Å². The Labute approximate surface area is 77.0 Å². The Balaban J connectivity index is 1.75. The topological polar surface area (TPSA) is 55.6 Å². The van der Waals surface area contributed by atoms with Crippen LogP contribution in [0, 0.1) is 0 Å². The van der Waals surface area contributed by atoms with Gasteiger partial charge in [-0.2, -0.15) is 0 Å². The summed E-state index contributed by atoms with van der Waals surface area (Å²) in [6.45, 7) is 1.80. The molecule has 4 nitrogen and oxygen atoms in total. The average molecular weight is 182 g/mol. The SMILES string of the molecule is NC(=O)C1(N2CC3CC(C2)O3)CC1. The van der Waals surface area contributed by atoms with Gasteiger partial charge in [-0.15, -0.1) is 0 Å². The highest BCUT2D eigenvalue weighted by Crippen LogP contribution is 2.45. The van der Waals surface area contributed by atoms with Crippen LogP contribution >= 0.6 is 0 Å². The van der Waals surface area contributed by atoms with Crippen molar-refractivity contribution in [2.75, 3.05) is 13.1 Å². The van der Waals surface area contributed by atoms with Gasteiger partial charge in [0.15, 0.2) is 0 Å². The summed E-state index contributed by atoms with van der Waals surface area (Å²) in [5, 5.41) is 0. The zero-order chi connectivity index (χ0) is 9.05. The lowest BCUT2D eigenvalue weighted by Crippen LogP contribution is -2.63. The van der Waals surface area contributed by atoms with E-state index in [9.17, 15) is 4.79 Å². The summed E-state index contributed by atoms with van der Waals surface area (Å²) < 4.78 is 5.51. The number of primary amides is 1. The van der Waals surface area contributed by atoms with E-state index >= 15 is 0 Å². The van der Waals surface area contributed by atoms with Crippen molar-refractivity contribution in [2.45, 2.75) is 37.0 Å². The van der Waals surface area contributed by atoms with E-state index in [1.54, 1.807) is 0 Å². The van der Waals surface area contributed by atoms with E-state index in [2.05, 4.69) is 4.90 Å². The molecule has 0 spiro atoms. The van der Waals surface area contributed by atoms with Crippen molar-refractivity contribution in [2.24, 2.45) is 5.73 Å². The van der Waals surface area contributed by atoms with Crippen LogP contribution in [-0.2, 0) is 9.53 Å². The Morgan fingerprint density at radius 3 is 2.31 bits per heavy atom. The third-order valence-corrected chi connectivity index (χ3v) is 3.55. The van der Waals surface area contributed by atoms with E-state index in [4.69, 9.17) is 10.5 Å². The minimum atomic E-state index is -0.277. The molecule has 3 saturated heterocycles. The van der Waals surface area contributed by atoms with E-state index in [-0.39, 0.29) is 11.4 Å². The summed E-state index contributed by atoms with van der Waals surface area (Å²) in [4.78, 5) is 13.5. The van der Waals surface area contributed by atoms with Gasteiger partial charge in [-0.05, 0) is 12.8 Å². The Morgan fingerprint density at radius 2 is 1.92 bits per heavy atom. The van der Waals surface area contributed by atoms with Gasteiger partial charge in [-0.1, -0.05) is 0 Å². The Bertz CT molecular complexity index is 246. The number of hydrogen-bond donors (Lipinski definition) is 1. The van der Waals surface area contributed by atoms with Crippen molar-refractivity contribution in [3.63, 3.8) is 0 Å². The van der Waals surface area contributed by atoms with Gasteiger partial charge >= 0.3 is 0 Å². The molecule has 0 aromatic heterocycles. The quantitative estimate of drug-likeness (QED) is 0.625. The van der Waals surface area contributed by atoms with Crippen LogP contribution in [-0.4, -0.2) is 41.6 Å². The number of piperidine rings is 1. The molecule has 1 aliphatic carbocycles. The fourth-order valence-corrected chi connectivity index (χ4v) is 2.54. The van der Waals surface area contributed by atoms with Gasteiger partial charge in [0.1, 0.15) is 5.54 Å². The number of morpholine rings is 1. The molecule has 0 radical (unpaired) electrons. The molecule has 4 aliphatic rings. The second-order valence-corrected chi connectivity index (χ2v) is 4.42. The average Bonchev–Trinajstić information content (AvgIpc) is 2.82. The molecule has 2 unspecified atom stereocenters. The monoisotopic (exact) mass is 182 g/mol. The molecular weight excluding hydrogens is 168 g/mol. The van der Waals surface area contributed by atoms with Crippen molar-refractivity contribution in [1.82, 2.24) is 4.90 Å². The predicted molar refractivity (Wildman–Crippen MR) is 46.0 cm³/mol. The lowest BCUT2D eigenvalue weighted by molar-refractivity contribution is -0.191. The summed E-state index contributed by atoms with van der Waals surface area (Å²) >= 11 is 0. The number of carbonyl (C=O) groups is 1. The van der Waals surface area contributed by atoms with Crippen LogP contribution in [0.4, 0.5) is 0 Å². The summed E-state index contributed by atoms with van der Waals surface area (Å²) in [7, 11) is 0. The number of hydrogen-bond acceptors (Lipinski definition) is 3. The molecule has 4 heteroatoms. The van der Waals surface area contributed by atoms with Gasteiger partial charge in [0, 0.05) is 19.5 Å². The first kappa shape index (κ1) is 7.76. The highest BCUT2D eigenvalue weighted by Gasteiger charge is 2.57. The van der Waals surface area contributed by atoms with Gasteiger partial charge in [0.05, 0.1) is 12.2 Å². The standard InChI is InChI=1S/C9H14N2O2/c10-8(12)9(1-2-9)11-4-6-3-7(5-11)13-6/h6-7H,1-5H2,(H2,10,12). The van der Waals surface area contributed by atoms with Gasteiger partial charge in [0.2, 0.25) is 5.91 Å². The lowest BCUT2D eigenvalue weighted by Gasteiger charge is -2.49. The van der Waals surface area contributed by atoms with Gasteiger partial charge in [0.25, 0.3) is 0 Å². The summed E-state index contributed by atoms with van der Waals surface area (Å²) in [5.74, 6) is -0.145. The summed E-state index contributed by atoms with van der Waals surface area (Å²) in [6, 6.07) is 0. The first-order valence-corrected chi connectivity index (χ1v) is 4.91. The van der Waals surface area contributed by atoms with E-state index in [0.29, 0.717) is 12.2 Å². The number of carbonyl (C=O) groups excluding carboxylic acids is 1. The molecule has 2 bridgehead atoms. The first-order chi connectivity index (χ1) is 6.21. The van der Waals surface area contributed by atoms with E-state index in [0.717, 1.165) is 25.9 Å². The number of nitrogens with zero attached hydrogens (tertiary/aromatic N) is 1. The molecule has 1 amide bonds. The Morgan fingerprint density at radius 1 is 1.38 bits per heavy atom. The van der Waals surface area contributed by atoms with E-state index < -0.39 is 0 Å². The minimum absolute atomic E-state index is 0.145. The molecular formula is C9H14N2O2. The molecule has 1 saturated carbocycles. The molecule has 3 aliphatic heterocycles. The summed E-state index contributed by atoms with van der Waals surface area (Å²) in [5.41, 5.74) is 5.13. The molecule has 2 atom stereocenters. The van der Waals surface area contributed by atoms with Crippen LogP contribution in [0.1, 0.15) is 19.3 Å². The van der Waals surface area contributed by atoms with E-state index in [1.807, 2.05) is 0 Å². The maximum Gasteiger partial charge on any atom is 0.237 e. The molecule has 4 rings (SSSR count). The molecule has 72 valence electrons. The zero-order valence-corrected chi connectivity index (χ0v) is 7.53. The van der Waals surface area contributed by atoms with Crippen molar-refractivity contribution >= 4 is 5.91 Å². The maximum absolute atomic E-state index is 11.2. The Hall–Kier alpha value is -0.610. The molecule has 2 N–H and O–H groups in total. The van der Waals surface area contributed by atoms with Crippen molar-refractivity contribution in [3.05, 3.63) is 0 Å². The van der Waals surface area contributed by atoms with Crippen molar-refractivity contribution in [1.29, 1.82) is 0 Å². The van der Waals surface area contributed by atoms with Crippen LogP contribution in [0.3, 0.4) is 0 Å². The van der Waals surface area contributed by atoms with Crippen LogP contribution in [0.25, 0.3) is 0 Å². The lowest BCUT2D eigenvalue weighted by atomic mass is 9.96. The fraction of sp³-hybridized carbons (Fsp3) is 0.889. The molecule has 4 fully saturated rings. The molecule has 0 aromatic carbocycles. The number of ether oxygens (including phenoxy) is 1. The third-order valence-electron chi connectivity index (χ3n) is 3.55. The zero-order valence-electron chi connectivity index (χ0n) is 7.53. The second-order valence-electron chi connectivity index (χ2n) is 4.42. The Kier molecular flexibility index (Phi) is 1.34. The van der Waals surface area contributed by atoms with Gasteiger partial charge in [-0.3, -0.25) is 9.69 Å². The number of amides is 1. The fourth-order valence-electron chi connectivity index (χ4n) is 2.54. The number of rotatable bonds is 2. The van der Waals surface area contributed by atoms with Crippen LogP contribution in [0.2, 0.25) is 0 Å². The highest BCUT2D eigenvalue weighted by molar-refractivity contribution is 5.87. The third kappa shape index (κ3) is 0.957. The predicted octanol–water partition coefficient (Wildman–Crippen LogP) is -0.523. The number of fused-ring (bicyclic) bond motifs is 2. The number of nitrogens with two attached hydrogens (primary N) is 1. The largest absolute Gasteiger partial charge is 0.372 e.